The van der Waals surface area contributed by atoms with E-state index in [1.54, 1.807) is 18.2 Å². The predicted molar refractivity (Wildman–Crippen MR) is 82.5 cm³/mol. The molecule has 0 heterocycles. The molecule has 0 aliphatic heterocycles. The SMILES string of the molecule is CC(=O)Oc1cccc(C(=Nc2ccc(C)cc2)NN)c1. The highest BCUT2D eigenvalue weighted by Crippen LogP contribution is 2.17. The van der Waals surface area contributed by atoms with Gasteiger partial charge in [-0.3, -0.25) is 4.79 Å². The zero-order chi connectivity index (χ0) is 15.2. The zero-order valence-corrected chi connectivity index (χ0v) is 12.0. The van der Waals surface area contributed by atoms with Crippen LogP contribution in [-0.2, 0) is 4.79 Å². The molecule has 0 saturated heterocycles. The Morgan fingerprint density at radius 3 is 2.52 bits per heavy atom. The monoisotopic (exact) mass is 283 g/mol. The minimum Gasteiger partial charge on any atom is -0.427 e. The highest BCUT2D eigenvalue weighted by Gasteiger charge is 2.05. The van der Waals surface area contributed by atoms with Crippen molar-refractivity contribution in [3.8, 4) is 5.75 Å². The van der Waals surface area contributed by atoms with Crippen molar-refractivity contribution < 1.29 is 9.53 Å². The summed E-state index contributed by atoms with van der Waals surface area (Å²) >= 11 is 0. The lowest BCUT2D eigenvalue weighted by Gasteiger charge is -2.08. The van der Waals surface area contributed by atoms with E-state index in [2.05, 4.69) is 10.4 Å². The predicted octanol–water partition coefficient (Wildman–Crippen LogP) is 2.46. The van der Waals surface area contributed by atoms with Crippen LogP contribution in [0, 0.1) is 6.92 Å². The normalized spacial score (nSPS) is 11.1. The molecule has 5 nitrogen and oxygen atoms in total. The molecule has 0 radical (unpaired) electrons. The van der Waals surface area contributed by atoms with E-state index in [4.69, 9.17) is 10.6 Å². The molecule has 0 aliphatic rings. The van der Waals surface area contributed by atoms with Gasteiger partial charge in [0.1, 0.15) is 11.6 Å². The number of hydrogen-bond acceptors (Lipinski definition) is 4. The first kappa shape index (κ1) is 14.7. The molecule has 21 heavy (non-hydrogen) atoms. The lowest BCUT2D eigenvalue weighted by molar-refractivity contribution is -0.131. The molecule has 0 spiro atoms. The average molecular weight is 283 g/mol. The van der Waals surface area contributed by atoms with Crippen molar-refractivity contribution >= 4 is 17.5 Å². The molecule has 0 amide bonds. The van der Waals surface area contributed by atoms with E-state index in [1.807, 2.05) is 37.3 Å². The summed E-state index contributed by atoms with van der Waals surface area (Å²) in [6.45, 7) is 3.37. The summed E-state index contributed by atoms with van der Waals surface area (Å²) in [6, 6.07) is 14.8. The van der Waals surface area contributed by atoms with Crippen LogP contribution in [0.25, 0.3) is 0 Å². The van der Waals surface area contributed by atoms with Crippen LogP contribution < -0.4 is 16.0 Å². The van der Waals surface area contributed by atoms with E-state index >= 15 is 0 Å². The number of amidine groups is 1. The van der Waals surface area contributed by atoms with Crippen molar-refractivity contribution in [2.24, 2.45) is 10.8 Å². The first-order valence-corrected chi connectivity index (χ1v) is 6.49. The summed E-state index contributed by atoms with van der Waals surface area (Å²) in [4.78, 5) is 15.4. The van der Waals surface area contributed by atoms with E-state index in [0.717, 1.165) is 16.8 Å². The average Bonchev–Trinajstić information content (AvgIpc) is 2.46. The van der Waals surface area contributed by atoms with Crippen molar-refractivity contribution in [2.45, 2.75) is 13.8 Å². The molecule has 0 aliphatic carbocycles. The molecule has 0 bridgehead atoms. The molecule has 2 aromatic carbocycles. The summed E-state index contributed by atoms with van der Waals surface area (Å²) in [6.07, 6.45) is 0. The number of nitrogens with one attached hydrogen (secondary N) is 1. The Bertz CT molecular complexity index is 663. The molecule has 108 valence electrons. The van der Waals surface area contributed by atoms with Crippen molar-refractivity contribution in [1.29, 1.82) is 0 Å². The number of hydrogen-bond donors (Lipinski definition) is 2. The Morgan fingerprint density at radius 1 is 1.19 bits per heavy atom. The first-order chi connectivity index (χ1) is 10.1. The van der Waals surface area contributed by atoms with Gasteiger partial charge >= 0.3 is 5.97 Å². The summed E-state index contributed by atoms with van der Waals surface area (Å²) < 4.78 is 5.05. The number of carbonyl (C=O) groups excluding carboxylic acids is 1. The fraction of sp³-hybridized carbons (Fsp3) is 0.125. The maximum Gasteiger partial charge on any atom is 0.308 e. The van der Waals surface area contributed by atoms with Crippen molar-refractivity contribution in [2.75, 3.05) is 0 Å². The van der Waals surface area contributed by atoms with E-state index in [-0.39, 0.29) is 5.97 Å². The van der Waals surface area contributed by atoms with E-state index in [0.29, 0.717) is 11.6 Å². The van der Waals surface area contributed by atoms with Gasteiger partial charge in [0.25, 0.3) is 0 Å². The first-order valence-electron chi connectivity index (χ1n) is 6.49. The molecule has 0 atom stereocenters. The molecular formula is C16H17N3O2. The summed E-state index contributed by atoms with van der Waals surface area (Å²) in [5, 5.41) is 0. The third-order valence-electron chi connectivity index (χ3n) is 2.78. The lowest BCUT2D eigenvalue weighted by Crippen LogP contribution is -2.30. The summed E-state index contributed by atoms with van der Waals surface area (Å²) in [5.41, 5.74) is 5.25. The van der Waals surface area contributed by atoms with Gasteiger partial charge in [-0.15, -0.1) is 0 Å². The number of ether oxygens (including phenoxy) is 1. The molecule has 2 rings (SSSR count). The molecule has 0 aromatic heterocycles. The van der Waals surface area contributed by atoms with Gasteiger partial charge in [0.05, 0.1) is 5.69 Å². The summed E-state index contributed by atoms with van der Waals surface area (Å²) in [7, 11) is 0. The Kier molecular flexibility index (Phi) is 4.68. The van der Waals surface area contributed by atoms with Crippen LogP contribution in [0.2, 0.25) is 0 Å². The highest BCUT2D eigenvalue weighted by molar-refractivity contribution is 6.00. The number of hydrazine groups is 1. The Balaban J connectivity index is 2.32. The third-order valence-corrected chi connectivity index (χ3v) is 2.78. The maximum absolute atomic E-state index is 11.0. The number of carbonyl (C=O) groups is 1. The van der Waals surface area contributed by atoms with E-state index in [1.165, 1.54) is 6.92 Å². The Labute approximate surface area is 123 Å². The van der Waals surface area contributed by atoms with Crippen LogP contribution >= 0.6 is 0 Å². The largest absolute Gasteiger partial charge is 0.427 e. The van der Waals surface area contributed by atoms with Crippen LogP contribution in [0.3, 0.4) is 0 Å². The van der Waals surface area contributed by atoms with Crippen LogP contribution in [0.4, 0.5) is 5.69 Å². The molecule has 0 saturated carbocycles. The van der Waals surface area contributed by atoms with Crippen LogP contribution in [0.15, 0.2) is 53.5 Å². The molecule has 2 aromatic rings. The number of aliphatic imine (C=N–C) groups is 1. The quantitative estimate of drug-likeness (QED) is 0.226. The third kappa shape index (κ3) is 4.15. The van der Waals surface area contributed by atoms with Gasteiger partial charge in [-0.25, -0.2) is 10.8 Å². The number of rotatable bonds is 3. The van der Waals surface area contributed by atoms with Gasteiger partial charge < -0.3 is 10.2 Å². The van der Waals surface area contributed by atoms with Crippen LogP contribution in [-0.4, -0.2) is 11.8 Å². The topological polar surface area (TPSA) is 76.7 Å². The van der Waals surface area contributed by atoms with Gasteiger partial charge in [-0.1, -0.05) is 29.8 Å². The summed E-state index contributed by atoms with van der Waals surface area (Å²) in [5.74, 6) is 6.12. The van der Waals surface area contributed by atoms with Crippen molar-refractivity contribution in [3.63, 3.8) is 0 Å². The lowest BCUT2D eigenvalue weighted by atomic mass is 10.2. The number of nitrogens with zero attached hydrogens (tertiary/aromatic N) is 1. The standard InChI is InChI=1S/C16H17N3O2/c1-11-6-8-14(9-7-11)18-16(19-17)13-4-3-5-15(10-13)21-12(2)20/h3-10H,17H2,1-2H3,(H,18,19). The second-order valence-corrected chi connectivity index (χ2v) is 4.56. The van der Waals surface area contributed by atoms with Gasteiger partial charge in [0.15, 0.2) is 0 Å². The van der Waals surface area contributed by atoms with Crippen LogP contribution in [0.1, 0.15) is 18.1 Å². The fourth-order valence-corrected chi connectivity index (χ4v) is 1.80. The minimum absolute atomic E-state index is 0.370. The molecule has 0 fully saturated rings. The van der Waals surface area contributed by atoms with Gasteiger partial charge in [-0.2, -0.15) is 0 Å². The zero-order valence-electron chi connectivity index (χ0n) is 12.0. The molecule has 3 N–H and O–H groups in total. The maximum atomic E-state index is 11.0. The van der Waals surface area contributed by atoms with Crippen molar-refractivity contribution in [3.05, 3.63) is 59.7 Å². The van der Waals surface area contributed by atoms with Gasteiger partial charge in [0.2, 0.25) is 0 Å². The second-order valence-electron chi connectivity index (χ2n) is 4.56. The van der Waals surface area contributed by atoms with E-state index in [9.17, 15) is 4.79 Å². The number of aryl methyl sites for hydroxylation is 1. The molecule has 5 heteroatoms. The Hall–Kier alpha value is -2.66. The van der Waals surface area contributed by atoms with Crippen molar-refractivity contribution in [1.82, 2.24) is 5.43 Å². The molecule has 0 unspecified atom stereocenters. The Morgan fingerprint density at radius 2 is 1.90 bits per heavy atom. The van der Waals surface area contributed by atoms with E-state index < -0.39 is 0 Å². The molecular weight excluding hydrogens is 266 g/mol. The minimum atomic E-state index is -0.370. The van der Waals surface area contributed by atoms with Gasteiger partial charge in [0, 0.05) is 12.5 Å². The van der Waals surface area contributed by atoms with Crippen LogP contribution in [0.5, 0.6) is 5.75 Å². The smallest absolute Gasteiger partial charge is 0.308 e. The second kappa shape index (κ2) is 6.67. The fourth-order valence-electron chi connectivity index (χ4n) is 1.80. The number of nitrogens with two attached hydrogens (primary N) is 1. The number of esters is 1. The number of benzene rings is 2. The van der Waals surface area contributed by atoms with Gasteiger partial charge in [-0.05, 0) is 31.2 Å². The highest BCUT2D eigenvalue weighted by atomic mass is 16.5.